The summed E-state index contributed by atoms with van der Waals surface area (Å²) in [5.41, 5.74) is 0. The summed E-state index contributed by atoms with van der Waals surface area (Å²) < 4.78 is 4.68. The molecule has 1 aliphatic rings. The van der Waals surface area contributed by atoms with Crippen LogP contribution >= 0.6 is 0 Å². The van der Waals surface area contributed by atoms with Crippen molar-refractivity contribution >= 4 is 26.2 Å². The van der Waals surface area contributed by atoms with Gasteiger partial charge in [0.1, 0.15) is 0 Å². The Labute approximate surface area is 86.5 Å². The molecule has 63 valence electrons. The van der Waals surface area contributed by atoms with Gasteiger partial charge in [-0.25, -0.2) is 0 Å². The van der Waals surface area contributed by atoms with Gasteiger partial charge in [-0.05, 0) is 25.2 Å². The van der Waals surface area contributed by atoms with Crippen LogP contribution in [-0.2, 0) is 2.69 Å². The molecule has 1 aliphatic carbocycles. The van der Waals surface area contributed by atoms with Crippen LogP contribution in [0.15, 0.2) is 12.2 Å². The molecule has 0 spiro atoms. The quantitative estimate of drug-likeness (QED) is 0.523. The van der Waals surface area contributed by atoms with E-state index in [-0.39, 0.29) is 0 Å². The van der Waals surface area contributed by atoms with Crippen molar-refractivity contribution in [2.75, 3.05) is 6.61 Å². The van der Waals surface area contributed by atoms with Gasteiger partial charge in [0, 0.05) is 0 Å². The minimum atomic E-state index is 0.881. The fourth-order valence-electron chi connectivity index (χ4n) is 0.945. The van der Waals surface area contributed by atoms with Crippen molar-refractivity contribution in [1.29, 1.82) is 0 Å². The fourth-order valence-corrected chi connectivity index (χ4v) is 0.945. The van der Waals surface area contributed by atoms with E-state index in [1.807, 2.05) is 6.92 Å². The topological polar surface area (TPSA) is 9.23 Å². The van der Waals surface area contributed by atoms with Crippen LogP contribution in [0.2, 0.25) is 0 Å². The van der Waals surface area contributed by atoms with Crippen molar-refractivity contribution in [2.24, 2.45) is 5.92 Å². The number of hydrogen-bond donors (Lipinski definition) is 0. The second-order valence-electron chi connectivity index (χ2n) is 2.82. The van der Waals surface area contributed by atoms with E-state index in [0.29, 0.717) is 0 Å². The molecular weight excluding hydrogens is 331 g/mol. The summed E-state index contributed by atoms with van der Waals surface area (Å²) in [5, 5.41) is 0. The summed E-state index contributed by atoms with van der Waals surface area (Å²) in [6, 6.07) is 0. The van der Waals surface area contributed by atoms with Gasteiger partial charge >= 0.3 is 42.4 Å². The predicted octanol–water partition coefficient (Wildman–Crippen LogP) is 2.47. The van der Waals surface area contributed by atoms with Gasteiger partial charge in [0.05, 0.1) is 0 Å². The van der Waals surface area contributed by atoms with Crippen LogP contribution in [0.25, 0.3) is 0 Å². The number of hydrogen-bond acceptors (Lipinski definition) is 1. The molecule has 0 saturated carbocycles. The van der Waals surface area contributed by atoms with Gasteiger partial charge in [0.2, 0.25) is 0 Å². The molecule has 0 aromatic carbocycles. The van der Waals surface area contributed by atoms with E-state index in [2.05, 4.69) is 21.8 Å². The molecular formula is C9H17OPb. The van der Waals surface area contributed by atoms with Crippen LogP contribution in [-0.4, -0.2) is 32.8 Å². The van der Waals surface area contributed by atoms with Crippen molar-refractivity contribution in [3.05, 3.63) is 12.2 Å². The molecule has 0 amide bonds. The first-order valence-electron chi connectivity index (χ1n) is 4.24. The Balaban J connectivity index is 0.000000218. The zero-order chi connectivity index (χ0) is 8.53. The fraction of sp³-hybridized carbons (Fsp3) is 0.778. The van der Waals surface area contributed by atoms with Crippen LogP contribution < -0.4 is 0 Å². The Bertz CT molecular complexity index is 99.7. The number of allylic oxidation sites excluding steroid dienone is 2. The Morgan fingerprint density at radius 1 is 1.55 bits per heavy atom. The third-order valence-corrected chi connectivity index (χ3v) is 2.80. The molecule has 0 aliphatic heterocycles. The Hall–Kier alpha value is 0.622. The summed E-state index contributed by atoms with van der Waals surface area (Å²) >= 11 is 0.890. The molecule has 0 aromatic heterocycles. The standard InChI is InChI=1S/C7H12.C2H5O.Pb/c1-7-5-3-2-4-6-7;1-2-3;/h2-3,7H,4-6H2,1H3;2H2,1H3;/q;-1;+1. The van der Waals surface area contributed by atoms with Gasteiger partial charge in [-0.1, -0.05) is 19.1 Å². The van der Waals surface area contributed by atoms with Gasteiger partial charge in [-0.3, -0.25) is 0 Å². The van der Waals surface area contributed by atoms with Crippen LogP contribution in [0.4, 0.5) is 0 Å². The van der Waals surface area contributed by atoms with Gasteiger partial charge in [-0.15, -0.1) is 0 Å². The molecule has 3 radical (unpaired) electrons. The van der Waals surface area contributed by atoms with Crippen LogP contribution in [0.3, 0.4) is 0 Å². The molecule has 0 aromatic rings. The zero-order valence-corrected chi connectivity index (χ0v) is 11.4. The van der Waals surface area contributed by atoms with Gasteiger partial charge in [-0.2, -0.15) is 0 Å². The van der Waals surface area contributed by atoms with E-state index in [1.165, 1.54) is 19.3 Å². The van der Waals surface area contributed by atoms with Crippen LogP contribution in [0.5, 0.6) is 0 Å². The molecule has 1 unspecified atom stereocenters. The second-order valence-corrected chi connectivity index (χ2v) is 3.94. The summed E-state index contributed by atoms with van der Waals surface area (Å²) in [6.07, 6.45) is 8.58. The maximum absolute atomic E-state index is 4.68. The Morgan fingerprint density at radius 2 is 2.18 bits per heavy atom. The van der Waals surface area contributed by atoms with Gasteiger partial charge < -0.3 is 0 Å². The molecule has 0 heterocycles. The molecule has 0 saturated heterocycles. The molecule has 11 heavy (non-hydrogen) atoms. The molecule has 1 atom stereocenters. The average Bonchev–Trinajstić information content (AvgIpc) is 2.07. The van der Waals surface area contributed by atoms with Crippen molar-refractivity contribution in [3.63, 3.8) is 0 Å². The normalized spacial score (nSPS) is 22.3. The molecule has 1 rings (SSSR count). The van der Waals surface area contributed by atoms with E-state index in [4.69, 9.17) is 0 Å². The summed E-state index contributed by atoms with van der Waals surface area (Å²) in [6.45, 7) is 5.18. The van der Waals surface area contributed by atoms with Gasteiger partial charge in [0.25, 0.3) is 0 Å². The van der Waals surface area contributed by atoms with Crippen molar-refractivity contribution in [2.45, 2.75) is 33.1 Å². The van der Waals surface area contributed by atoms with E-state index < -0.39 is 0 Å². The predicted molar refractivity (Wildman–Crippen MR) is 49.5 cm³/mol. The van der Waals surface area contributed by atoms with Crippen LogP contribution in [0.1, 0.15) is 33.1 Å². The van der Waals surface area contributed by atoms with E-state index >= 15 is 0 Å². The molecule has 0 fully saturated rings. The zero-order valence-electron chi connectivity index (χ0n) is 7.47. The Morgan fingerprint density at radius 3 is 2.36 bits per heavy atom. The third-order valence-electron chi connectivity index (χ3n) is 1.68. The second kappa shape index (κ2) is 8.72. The summed E-state index contributed by atoms with van der Waals surface area (Å²) in [7, 11) is 0. The van der Waals surface area contributed by atoms with E-state index in [1.54, 1.807) is 0 Å². The third kappa shape index (κ3) is 8.53. The Kier molecular flexibility index (Phi) is 9.21. The molecule has 2 heteroatoms. The maximum atomic E-state index is 4.68. The first-order valence-corrected chi connectivity index (χ1v) is 5.83. The summed E-state index contributed by atoms with van der Waals surface area (Å²) in [4.78, 5) is 0. The average molecular weight is 348 g/mol. The van der Waals surface area contributed by atoms with Crippen molar-refractivity contribution in [3.8, 4) is 0 Å². The van der Waals surface area contributed by atoms with Crippen molar-refractivity contribution < 1.29 is 2.69 Å². The first-order chi connectivity index (χ1) is 5.31. The monoisotopic (exact) mass is 349 g/mol. The van der Waals surface area contributed by atoms with E-state index in [0.717, 1.165) is 38.7 Å². The molecule has 1 nitrogen and oxygen atoms in total. The first kappa shape index (κ1) is 11.6. The van der Waals surface area contributed by atoms with Crippen molar-refractivity contribution in [1.82, 2.24) is 0 Å². The summed E-state index contributed by atoms with van der Waals surface area (Å²) in [5.74, 6) is 0.949. The molecule has 0 bridgehead atoms. The van der Waals surface area contributed by atoms with Crippen LogP contribution in [0, 0.1) is 5.92 Å². The SMILES string of the molecule is CC1CC=CCC1.CC[O][Pb]. The van der Waals surface area contributed by atoms with E-state index in [9.17, 15) is 0 Å². The number of rotatable bonds is 1. The molecule has 0 N–H and O–H groups in total. The minimum absolute atomic E-state index is 0.881. The van der Waals surface area contributed by atoms with Gasteiger partial charge in [0.15, 0.2) is 0 Å².